The number of nitrogens with two attached hydrogens (primary N) is 1. The number of anilines is 1. The predicted octanol–water partition coefficient (Wildman–Crippen LogP) is 4.54. The van der Waals surface area contributed by atoms with E-state index < -0.39 is 0 Å². The Kier molecular flexibility index (Phi) is 4.85. The molecule has 0 radical (unpaired) electrons. The van der Waals surface area contributed by atoms with Crippen molar-refractivity contribution >= 4 is 17.4 Å². The fourth-order valence-electron chi connectivity index (χ4n) is 2.77. The maximum Gasteiger partial charge on any atom is 0.225 e. The van der Waals surface area contributed by atoms with Crippen LogP contribution < -0.4 is 10.5 Å². The molecule has 0 fully saturated rings. The van der Waals surface area contributed by atoms with Crippen LogP contribution in [0.15, 0.2) is 60.7 Å². The highest BCUT2D eigenvalue weighted by Gasteiger charge is 2.17. The van der Waals surface area contributed by atoms with Crippen LogP contribution in [0.1, 0.15) is 11.3 Å². The van der Waals surface area contributed by atoms with Crippen LogP contribution in [0.25, 0.3) is 17.2 Å². The molecule has 29 heavy (non-hydrogen) atoms. The van der Waals surface area contributed by atoms with Crippen molar-refractivity contribution in [2.45, 2.75) is 6.92 Å². The van der Waals surface area contributed by atoms with Crippen LogP contribution in [0.5, 0.6) is 11.6 Å². The second kappa shape index (κ2) is 7.62. The Morgan fingerprint density at radius 2 is 1.79 bits per heavy atom. The van der Waals surface area contributed by atoms with Gasteiger partial charge in [-0.05, 0) is 31.2 Å². The SMILES string of the molecule is Cc1nn(-c2cc(Oc3ccc(Cl)cc3)nc(-c3ccccc3)n2)c(N)c1C#N. The summed E-state index contributed by atoms with van der Waals surface area (Å²) >= 11 is 5.94. The molecule has 0 amide bonds. The molecule has 4 aromatic rings. The fourth-order valence-corrected chi connectivity index (χ4v) is 2.90. The molecule has 0 bridgehead atoms. The first-order valence-electron chi connectivity index (χ1n) is 8.68. The van der Waals surface area contributed by atoms with Gasteiger partial charge in [0.25, 0.3) is 0 Å². The van der Waals surface area contributed by atoms with Gasteiger partial charge in [0.05, 0.1) is 5.69 Å². The van der Waals surface area contributed by atoms with Gasteiger partial charge in [-0.3, -0.25) is 0 Å². The molecule has 2 aromatic carbocycles. The molecule has 0 spiro atoms. The van der Waals surface area contributed by atoms with Crippen molar-refractivity contribution in [1.82, 2.24) is 19.7 Å². The van der Waals surface area contributed by atoms with Crippen molar-refractivity contribution in [3.63, 3.8) is 0 Å². The van der Waals surface area contributed by atoms with Crippen molar-refractivity contribution in [2.75, 3.05) is 5.73 Å². The van der Waals surface area contributed by atoms with Gasteiger partial charge in [-0.1, -0.05) is 41.9 Å². The van der Waals surface area contributed by atoms with Crippen LogP contribution in [0.3, 0.4) is 0 Å². The van der Waals surface area contributed by atoms with Crippen molar-refractivity contribution in [2.24, 2.45) is 0 Å². The molecule has 0 atom stereocenters. The van der Waals surface area contributed by atoms with Gasteiger partial charge in [0.1, 0.15) is 23.2 Å². The van der Waals surface area contributed by atoms with Gasteiger partial charge in [-0.15, -0.1) is 0 Å². The van der Waals surface area contributed by atoms with E-state index in [1.807, 2.05) is 30.3 Å². The summed E-state index contributed by atoms with van der Waals surface area (Å²) in [5, 5.41) is 14.3. The average Bonchev–Trinajstić information content (AvgIpc) is 3.03. The number of nitriles is 1. The molecule has 0 saturated heterocycles. The number of halogens is 1. The number of benzene rings is 2. The van der Waals surface area contributed by atoms with Crippen LogP contribution in [-0.2, 0) is 0 Å². The zero-order chi connectivity index (χ0) is 20.4. The number of hydrogen-bond donors (Lipinski definition) is 1. The first kappa shape index (κ1) is 18.5. The number of nitrogens with zero attached hydrogens (tertiary/aromatic N) is 5. The standard InChI is InChI=1S/C21H15ClN6O/c1-13-17(12-23)20(24)28(27-13)18-11-19(29-16-9-7-15(22)8-10-16)26-21(25-18)14-5-3-2-4-6-14/h2-11H,24H2,1H3. The Morgan fingerprint density at radius 1 is 1.07 bits per heavy atom. The third-order valence-electron chi connectivity index (χ3n) is 4.18. The molecule has 4 rings (SSSR count). The Bertz CT molecular complexity index is 1210. The topological polar surface area (TPSA) is 103 Å². The number of nitrogen functional groups attached to an aromatic ring is 1. The van der Waals surface area contributed by atoms with Gasteiger partial charge in [-0.25, -0.2) is 4.98 Å². The summed E-state index contributed by atoms with van der Waals surface area (Å²) in [4.78, 5) is 9.09. The van der Waals surface area contributed by atoms with Crippen LogP contribution >= 0.6 is 11.6 Å². The first-order chi connectivity index (χ1) is 14.0. The lowest BCUT2D eigenvalue weighted by atomic mass is 10.2. The minimum absolute atomic E-state index is 0.208. The molecule has 0 aliphatic carbocycles. The molecule has 0 saturated carbocycles. The maximum absolute atomic E-state index is 9.31. The van der Waals surface area contributed by atoms with E-state index in [9.17, 15) is 5.26 Å². The van der Waals surface area contributed by atoms with E-state index in [0.29, 0.717) is 39.6 Å². The molecule has 2 N–H and O–H groups in total. The number of rotatable bonds is 4. The van der Waals surface area contributed by atoms with E-state index in [1.54, 1.807) is 37.3 Å². The smallest absolute Gasteiger partial charge is 0.225 e. The van der Waals surface area contributed by atoms with Crippen molar-refractivity contribution in [3.8, 4) is 34.9 Å². The molecule has 2 heterocycles. The normalized spacial score (nSPS) is 10.5. The molecule has 7 nitrogen and oxygen atoms in total. The van der Waals surface area contributed by atoms with E-state index in [0.717, 1.165) is 5.56 Å². The van der Waals surface area contributed by atoms with Gasteiger partial charge < -0.3 is 10.5 Å². The van der Waals surface area contributed by atoms with E-state index in [2.05, 4.69) is 21.1 Å². The maximum atomic E-state index is 9.31. The molecular formula is C21H15ClN6O. The van der Waals surface area contributed by atoms with E-state index in [-0.39, 0.29) is 5.82 Å². The molecular weight excluding hydrogens is 388 g/mol. The predicted molar refractivity (Wildman–Crippen MR) is 110 cm³/mol. The van der Waals surface area contributed by atoms with E-state index >= 15 is 0 Å². The zero-order valence-corrected chi connectivity index (χ0v) is 16.1. The Hall–Kier alpha value is -3.89. The first-order valence-corrected chi connectivity index (χ1v) is 9.06. The highest BCUT2D eigenvalue weighted by atomic mass is 35.5. The van der Waals surface area contributed by atoms with E-state index in [1.165, 1.54) is 4.68 Å². The van der Waals surface area contributed by atoms with Gasteiger partial charge in [0, 0.05) is 16.7 Å². The quantitative estimate of drug-likeness (QED) is 0.537. The second-order valence-electron chi connectivity index (χ2n) is 6.18. The number of hydrogen-bond acceptors (Lipinski definition) is 6. The summed E-state index contributed by atoms with van der Waals surface area (Å²) in [5.74, 6) is 1.92. The molecule has 0 aliphatic rings. The highest BCUT2D eigenvalue weighted by molar-refractivity contribution is 6.30. The van der Waals surface area contributed by atoms with Crippen molar-refractivity contribution in [1.29, 1.82) is 5.26 Å². The highest BCUT2D eigenvalue weighted by Crippen LogP contribution is 2.27. The second-order valence-corrected chi connectivity index (χ2v) is 6.62. The Morgan fingerprint density at radius 3 is 2.45 bits per heavy atom. The van der Waals surface area contributed by atoms with Gasteiger partial charge in [-0.2, -0.15) is 20.0 Å². The fraction of sp³-hybridized carbons (Fsp3) is 0.0476. The lowest BCUT2D eigenvalue weighted by Crippen LogP contribution is -2.07. The summed E-state index contributed by atoms with van der Waals surface area (Å²) in [7, 11) is 0. The van der Waals surface area contributed by atoms with Gasteiger partial charge in [0.15, 0.2) is 11.6 Å². The summed E-state index contributed by atoms with van der Waals surface area (Å²) < 4.78 is 7.32. The van der Waals surface area contributed by atoms with Crippen LogP contribution in [0.4, 0.5) is 5.82 Å². The summed E-state index contributed by atoms with van der Waals surface area (Å²) in [6, 6.07) is 20.1. The monoisotopic (exact) mass is 402 g/mol. The van der Waals surface area contributed by atoms with E-state index in [4.69, 9.17) is 22.1 Å². The lowest BCUT2D eigenvalue weighted by Gasteiger charge is -2.10. The summed E-state index contributed by atoms with van der Waals surface area (Å²) in [6.07, 6.45) is 0. The third-order valence-corrected chi connectivity index (χ3v) is 4.43. The van der Waals surface area contributed by atoms with Crippen molar-refractivity contribution in [3.05, 3.63) is 76.9 Å². The largest absolute Gasteiger partial charge is 0.439 e. The zero-order valence-electron chi connectivity index (χ0n) is 15.4. The Balaban J connectivity index is 1.84. The minimum atomic E-state index is 0.208. The summed E-state index contributed by atoms with van der Waals surface area (Å²) in [5.41, 5.74) is 7.75. The van der Waals surface area contributed by atoms with Gasteiger partial charge in [0.2, 0.25) is 5.88 Å². The van der Waals surface area contributed by atoms with Gasteiger partial charge >= 0.3 is 0 Å². The number of ether oxygens (including phenoxy) is 1. The number of aryl methyl sites for hydroxylation is 1. The Labute approximate surface area is 172 Å². The van der Waals surface area contributed by atoms with Crippen molar-refractivity contribution < 1.29 is 4.74 Å². The molecule has 0 unspecified atom stereocenters. The molecule has 2 aromatic heterocycles. The summed E-state index contributed by atoms with van der Waals surface area (Å²) in [6.45, 7) is 1.72. The number of aromatic nitrogens is 4. The van der Waals surface area contributed by atoms with Crippen LogP contribution in [-0.4, -0.2) is 19.7 Å². The molecule has 8 heteroatoms. The minimum Gasteiger partial charge on any atom is -0.439 e. The molecule has 142 valence electrons. The average molecular weight is 403 g/mol. The molecule has 0 aliphatic heterocycles. The van der Waals surface area contributed by atoms with Crippen LogP contribution in [0.2, 0.25) is 5.02 Å². The third kappa shape index (κ3) is 3.74. The van der Waals surface area contributed by atoms with Crippen LogP contribution in [0, 0.1) is 18.3 Å². The lowest BCUT2D eigenvalue weighted by molar-refractivity contribution is 0.461.